The predicted molar refractivity (Wildman–Crippen MR) is 93.9 cm³/mol. The lowest BCUT2D eigenvalue weighted by Gasteiger charge is -2.32. The van der Waals surface area contributed by atoms with Crippen LogP contribution < -0.4 is 5.73 Å². The summed E-state index contributed by atoms with van der Waals surface area (Å²) in [5.41, 5.74) is 7.47. The van der Waals surface area contributed by atoms with Gasteiger partial charge in [-0.25, -0.2) is 0 Å². The summed E-state index contributed by atoms with van der Waals surface area (Å²) in [6, 6.07) is 8.12. The first-order chi connectivity index (χ1) is 10.8. The second-order valence-electron chi connectivity index (χ2n) is 7.59. The molecule has 1 fully saturated rings. The number of ether oxygens (including phenoxy) is 1. The van der Waals surface area contributed by atoms with Crippen molar-refractivity contribution in [2.45, 2.75) is 58.6 Å². The molecule has 23 heavy (non-hydrogen) atoms. The van der Waals surface area contributed by atoms with Gasteiger partial charge in [0.1, 0.15) is 5.60 Å². The average Bonchev–Trinajstić information content (AvgIpc) is 2.47. The maximum Gasteiger partial charge on any atom is 0.306 e. The molecule has 1 heterocycles. The fourth-order valence-corrected chi connectivity index (χ4v) is 3.03. The van der Waals surface area contributed by atoms with E-state index in [4.69, 9.17) is 10.5 Å². The molecule has 1 aromatic rings. The summed E-state index contributed by atoms with van der Waals surface area (Å²) < 4.78 is 5.38. The average molecular weight is 318 g/mol. The molecule has 0 saturated carbocycles. The molecule has 0 radical (unpaired) electrons. The van der Waals surface area contributed by atoms with Crippen LogP contribution >= 0.6 is 0 Å². The number of anilines is 1. The van der Waals surface area contributed by atoms with E-state index in [1.165, 1.54) is 5.56 Å². The summed E-state index contributed by atoms with van der Waals surface area (Å²) in [5.74, 6) is 0.576. The summed E-state index contributed by atoms with van der Waals surface area (Å²) in [5, 5.41) is 0. The van der Waals surface area contributed by atoms with Gasteiger partial charge in [-0.05, 0) is 76.7 Å². The van der Waals surface area contributed by atoms with E-state index in [0.29, 0.717) is 12.3 Å². The molecule has 4 nitrogen and oxygen atoms in total. The SMILES string of the molecule is CC(C)(C)OC(=O)CCC1CCN(Cc2ccc(N)cc2)CC1. The highest BCUT2D eigenvalue weighted by atomic mass is 16.6. The van der Waals surface area contributed by atoms with Crippen molar-refractivity contribution in [3.05, 3.63) is 29.8 Å². The van der Waals surface area contributed by atoms with E-state index >= 15 is 0 Å². The number of esters is 1. The number of hydrogen-bond acceptors (Lipinski definition) is 4. The summed E-state index contributed by atoms with van der Waals surface area (Å²) in [6.07, 6.45) is 3.82. The molecule has 1 aromatic carbocycles. The largest absolute Gasteiger partial charge is 0.460 e. The standard InChI is InChI=1S/C19H30N2O2/c1-19(2,3)23-18(22)9-6-15-10-12-21(13-11-15)14-16-4-7-17(20)8-5-16/h4-5,7-8,15H,6,9-14,20H2,1-3H3. The molecule has 2 N–H and O–H groups in total. The topological polar surface area (TPSA) is 55.6 Å². The first-order valence-corrected chi connectivity index (χ1v) is 8.60. The van der Waals surface area contributed by atoms with Crippen LogP contribution in [0.5, 0.6) is 0 Å². The fraction of sp³-hybridized carbons (Fsp3) is 0.632. The number of carbonyl (C=O) groups is 1. The first-order valence-electron chi connectivity index (χ1n) is 8.60. The quantitative estimate of drug-likeness (QED) is 0.666. The van der Waals surface area contributed by atoms with Crippen molar-refractivity contribution in [1.82, 2.24) is 4.90 Å². The smallest absolute Gasteiger partial charge is 0.306 e. The van der Waals surface area contributed by atoms with E-state index < -0.39 is 0 Å². The maximum atomic E-state index is 11.8. The Morgan fingerprint density at radius 2 is 1.83 bits per heavy atom. The van der Waals surface area contributed by atoms with Gasteiger partial charge in [-0.1, -0.05) is 12.1 Å². The van der Waals surface area contributed by atoms with Gasteiger partial charge in [0.25, 0.3) is 0 Å². The lowest BCUT2D eigenvalue weighted by Crippen LogP contribution is -2.33. The van der Waals surface area contributed by atoms with Crippen molar-refractivity contribution in [3.63, 3.8) is 0 Å². The molecule has 1 aliphatic heterocycles. The molecular weight excluding hydrogens is 288 g/mol. The minimum absolute atomic E-state index is 0.0678. The number of benzene rings is 1. The van der Waals surface area contributed by atoms with Crippen molar-refractivity contribution in [1.29, 1.82) is 0 Å². The summed E-state index contributed by atoms with van der Waals surface area (Å²) >= 11 is 0. The van der Waals surface area contributed by atoms with Crippen molar-refractivity contribution >= 4 is 11.7 Å². The van der Waals surface area contributed by atoms with E-state index in [1.807, 2.05) is 32.9 Å². The maximum absolute atomic E-state index is 11.8. The van der Waals surface area contributed by atoms with Crippen LogP contribution in [-0.2, 0) is 16.1 Å². The summed E-state index contributed by atoms with van der Waals surface area (Å²) in [6.45, 7) is 8.94. The third-order valence-electron chi connectivity index (χ3n) is 4.27. The summed E-state index contributed by atoms with van der Waals surface area (Å²) in [7, 11) is 0. The zero-order valence-electron chi connectivity index (χ0n) is 14.7. The van der Waals surface area contributed by atoms with Crippen LogP contribution in [0.15, 0.2) is 24.3 Å². The van der Waals surface area contributed by atoms with E-state index in [0.717, 1.165) is 44.6 Å². The Labute approximate surface area is 140 Å². The van der Waals surface area contributed by atoms with Crippen LogP contribution in [0, 0.1) is 5.92 Å². The zero-order chi connectivity index (χ0) is 16.9. The molecule has 0 unspecified atom stereocenters. The van der Waals surface area contributed by atoms with Crippen LogP contribution in [0.3, 0.4) is 0 Å². The number of nitrogen functional groups attached to an aromatic ring is 1. The van der Waals surface area contributed by atoms with Crippen molar-refractivity contribution in [3.8, 4) is 0 Å². The van der Waals surface area contributed by atoms with Gasteiger partial charge in [0, 0.05) is 18.7 Å². The van der Waals surface area contributed by atoms with Crippen molar-refractivity contribution in [2.24, 2.45) is 5.92 Å². The lowest BCUT2D eigenvalue weighted by atomic mass is 9.92. The van der Waals surface area contributed by atoms with Gasteiger partial charge in [-0.15, -0.1) is 0 Å². The van der Waals surface area contributed by atoms with Gasteiger partial charge in [0.2, 0.25) is 0 Å². The number of rotatable bonds is 5. The molecule has 0 atom stereocenters. The van der Waals surface area contributed by atoms with Crippen LogP contribution in [0.1, 0.15) is 52.0 Å². The molecule has 0 aliphatic carbocycles. The van der Waals surface area contributed by atoms with E-state index in [9.17, 15) is 4.79 Å². The second kappa shape index (κ2) is 7.82. The van der Waals surface area contributed by atoms with Gasteiger partial charge >= 0.3 is 5.97 Å². The van der Waals surface area contributed by atoms with Gasteiger partial charge in [0.05, 0.1) is 0 Å². The molecule has 0 bridgehead atoms. The van der Waals surface area contributed by atoms with Crippen LogP contribution in [0.2, 0.25) is 0 Å². The highest BCUT2D eigenvalue weighted by Crippen LogP contribution is 2.24. The predicted octanol–water partition coefficient (Wildman–Crippen LogP) is 3.60. The highest BCUT2D eigenvalue weighted by molar-refractivity contribution is 5.69. The Kier molecular flexibility index (Phi) is 6.05. The number of piperidine rings is 1. The number of hydrogen-bond donors (Lipinski definition) is 1. The van der Waals surface area contributed by atoms with E-state index in [-0.39, 0.29) is 11.6 Å². The fourth-order valence-electron chi connectivity index (χ4n) is 3.03. The third kappa shape index (κ3) is 6.61. The monoisotopic (exact) mass is 318 g/mol. The molecule has 0 spiro atoms. The number of carbonyl (C=O) groups excluding carboxylic acids is 1. The number of nitrogens with zero attached hydrogens (tertiary/aromatic N) is 1. The van der Waals surface area contributed by atoms with Gasteiger partial charge in [0.15, 0.2) is 0 Å². The normalized spacial score (nSPS) is 17.2. The number of nitrogens with two attached hydrogens (primary N) is 1. The van der Waals surface area contributed by atoms with Gasteiger partial charge in [-0.2, -0.15) is 0 Å². The molecule has 4 heteroatoms. The number of likely N-dealkylation sites (tertiary alicyclic amines) is 1. The summed E-state index contributed by atoms with van der Waals surface area (Å²) in [4.78, 5) is 14.3. The molecule has 1 aliphatic rings. The Morgan fingerprint density at radius 3 is 2.39 bits per heavy atom. The zero-order valence-corrected chi connectivity index (χ0v) is 14.7. The van der Waals surface area contributed by atoms with Gasteiger partial charge < -0.3 is 10.5 Å². The Hall–Kier alpha value is -1.55. The highest BCUT2D eigenvalue weighted by Gasteiger charge is 2.22. The third-order valence-corrected chi connectivity index (χ3v) is 4.27. The van der Waals surface area contributed by atoms with E-state index in [1.54, 1.807) is 0 Å². The Balaban J connectivity index is 1.67. The van der Waals surface area contributed by atoms with Crippen LogP contribution in [0.25, 0.3) is 0 Å². The van der Waals surface area contributed by atoms with Crippen LogP contribution in [0.4, 0.5) is 5.69 Å². The van der Waals surface area contributed by atoms with Crippen molar-refractivity contribution in [2.75, 3.05) is 18.8 Å². The molecule has 128 valence electrons. The molecule has 0 amide bonds. The second-order valence-corrected chi connectivity index (χ2v) is 7.59. The minimum atomic E-state index is -0.375. The Bertz CT molecular complexity index is 497. The lowest BCUT2D eigenvalue weighted by molar-refractivity contribution is -0.155. The van der Waals surface area contributed by atoms with Gasteiger partial charge in [-0.3, -0.25) is 9.69 Å². The minimum Gasteiger partial charge on any atom is -0.460 e. The van der Waals surface area contributed by atoms with Crippen LogP contribution in [-0.4, -0.2) is 29.6 Å². The molecule has 1 saturated heterocycles. The van der Waals surface area contributed by atoms with E-state index in [2.05, 4.69) is 17.0 Å². The Morgan fingerprint density at radius 1 is 1.22 bits per heavy atom. The molecule has 2 rings (SSSR count). The first kappa shape index (κ1) is 17.8. The molecular formula is C19H30N2O2. The van der Waals surface area contributed by atoms with Crippen molar-refractivity contribution < 1.29 is 9.53 Å². The molecule has 0 aromatic heterocycles.